The highest BCUT2D eigenvalue weighted by molar-refractivity contribution is 5.55. The van der Waals surface area contributed by atoms with E-state index in [1.165, 1.54) is 7.11 Å². The highest BCUT2D eigenvalue weighted by Crippen LogP contribution is 2.37. The Bertz CT molecular complexity index is 374. The van der Waals surface area contributed by atoms with Gasteiger partial charge in [-0.15, -0.1) is 0 Å². The molecule has 0 amide bonds. The lowest BCUT2D eigenvalue weighted by Gasteiger charge is -2.15. The molecule has 0 saturated carbocycles. The van der Waals surface area contributed by atoms with Crippen LogP contribution in [0.3, 0.4) is 0 Å². The second kappa shape index (κ2) is 5.39. The fourth-order valence-electron chi connectivity index (χ4n) is 1.56. The number of hydrogen-bond acceptors (Lipinski definition) is 4. The monoisotopic (exact) mass is 224 g/mol. The summed E-state index contributed by atoms with van der Waals surface area (Å²) >= 11 is 0. The number of aldehydes is 1. The Kier molecular flexibility index (Phi) is 4.17. The molecule has 1 N–H and O–H groups in total. The zero-order chi connectivity index (χ0) is 12.1. The van der Waals surface area contributed by atoms with Crippen molar-refractivity contribution in [3.8, 4) is 17.2 Å². The Hall–Kier alpha value is -1.71. The molecular formula is C12H16O4. The fraction of sp³-hybridized carbons (Fsp3) is 0.417. The molecular weight excluding hydrogens is 208 g/mol. The first-order valence-electron chi connectivity index (χ1n) is 5.02. The Morgan fingerprint density at radius 1 is 1.31 bits per heavy atom. The average molecular weight is 224 g/mol. The van der Waals surface area contributed by atoms with Crippen molar-refractivity contribution in [2.75, 3.05) is 14.2 Å². The maximum atomic E-state index is 10.5. The first-order valence-corrected chi connectivity index (χ1v) is 5.02. The van der Waals surface area contributed by atoms with E-state index in [0.29, 0.717) is 17.9 Å². The maximum absolute atomic E-state index is 10.5. The van der Waals surface area contributed by atoms with Crippen molar-refractivity contribution in [2.45, 2.75) is 19.3 Å². The summed E-state index contributed by atoms with van der Waals surface area (Å²) in [4.78, 5) is 10.5. The molecule has 0 fully saturated rings. The summed E-state index contributed by atoms with van der Waals surface area (Å²) in [5, 5.41) is 9.66. The number of carbonyl (C=O) groups is 1. The first kappa shape index (κ1) is 12.4. The SMILES string of the molecule is COc1cc(OC)c(C(C)CC=O)cc1O. The van der Waals surface area contributed by atoms with E-state index in [9.17, 15) is 9.90 Å². The van der Waals surface area contributed by atoms with Gasteiger partial charge < -0.3 is 19.4 Å². The Morgan fingerprint density at radius 3 is 2.44 bits per heavy atom. The van der Waals surface area contributed by atoms with Crippen molar-refractivity contribution >= 4 is 6.29 Å². The molecule has 1 rings (SSSR count). The third-order valence-corrected chi connectivity index (χ3v) is 2.51. The van der Waals surface area contributed by atoms with Gasteiger partial charge >= 0.3 is 0 Å². The van der Waals surface area contributed by atoms with E-state index in [0.717, 1.165) is 11.8 Å². The van der Waals surface area contributed by atoms with Gasteiger partial charge in [-0.05, 0) is 12.0 Å². The van der Waals surface area contributed by atoms with Gasteiger partial charge in [0.1, 0.15) is 12.0 Å². The maximum Gasteiger partial charge on any atom is 0.164 e. The van der Waals surface area contributed by atoms with Crippen LogP contribution in [0, 0.1) is 0 Å². The van der Waals surface area contributed by atoms with E-state index in [2.05, 4.69) is 0 Å². The van der Waals surface area contributed by atoms with Gasteiger partial charge in [0.05, 0.1) is 14.2 Å². The molecule has 0 aliphatic heterocycles. The van der Waals surface area contributed by atoms with Crippen LogP contribution in [0.15, 0.2) is 12.1 Å². The molecule has 0 aliphatic carbocycles. The van der Waals surface area contributed by atoms with Gasteiger partial charge in [-0.2, -0.15) is 0 Å². The van der Waals surface area contributed by atoms with Crippen molar-refractivity contribution < 1.29 is 19.4 Å². The molecule has 0 saturated heterocycles. The van der Waals surface area contributed by atoms with Crippen LogP contribution >= 0.6 is 0 Å². The summed E-state index contributed by atoms with van der Waals surface area (Å²) in [7, 11) is 3.02. The highest BCUT2D eigenvalue weighted by atomic mass is 16.5. The summed E-state index contributed by atoms with van der Waals surface area (Å²) in [5.74, 6) is 1.03. The fourth-order valence-corrected chi connectivity index (χ4v) is 1.56. The van der Waals surface area contributed by atoms with Gasteiger partial charge in [0.2, 0.25) is 0 Å². The number of methoxy groups -OCH3 is 2. The summed E-state index contributed by atoms with van der Waals surface area (Å²) < 4.78 is 10.2. The zero-order valence-corrected chi connectivity index (χ0v) is 9.69. The Morgan fingerprint density at radius 2 is 1.94 bits per heavy atom. The lowest BCUT2D eigenvalue weighted by Crippen LogP contribution is -1.99. The predicted octanol–water partition coefficient (Wildman–Crippen LogP) is 2.10. The van der Waals surface area contributed by atoms with Crippen LogP contribution in [0.5, 0.6) is 17.2 Å². The van der Waals surface area contributed by atoms with Crippen molar-refractivity contribution in [1.82, 2.24) is 0 Å². The van der Waals surface area contributed by atoms with E-state index in [4.69, 9.17) is 9.47 Å². The minimum absolute atomic E-state index is 0.00394. The number of aromatic hydroxyl groups is 1. The van der Waals surface area contributed by atoms with Crippen LogP contribution in [0.1, 0.15) is 24.8 Å². The Balaban J connectivity index is 3.17. The van der Waals surface area contributed by atoms with Crippen molar-refractivity contribution in [1.29, 1.82) is 0 Å². The number of ether oxygens (including phenoxy) is 2. The van der Waals surface area contributed by atoms with E-state index >= 15 is 0 Å². The molecule has 0 aromatic heterocycles. The van der Waals surface area contributed by atoms with Gasteiger partial charge in [0.15, 0.2) is 11.5 Å². The van der Waals surface area contributed by atoms with Crippen LogP contribution in [0.4, 0.5) is 0 Å². The molecule has 1 unspecified atom stereocenters. The molecule has 0 bridgehead atoms. The number of hydrogen-bond donors (Lipinski definition) is 1. The number of benzene rings is 1. The van der Waals surface area contributed by atoms with Gasteiger partial charge in [-0.25, -0.2) is 0 Å². The van der Waals surface area contributed by atoms with Crippen molar-refractivity contribution in [3.63, 3.8) is 0 Å². The molecule has 1 atom stereocenters. The minimum Gasteiger partial charge on any atom is -0.504 e. The highest BCUT2D eigenvalue weighted by Gasteiger charge is 2.15. The quantitative estimate of drug-likeness (QED) is 0.778. The second-order valence-corrected chi connectivity index (χ2v) is 3.57. The molecule has 0 radical (unpaired) electrons. The number of phenols is 1. The van der Waals surface area contributed by atoms with Gasteiger partial charge in [0, 0.05) is 18.1 Å². The molecule has 4 heteroatoms. The first-order chi connectivity index (χ1) is 7.63. The minimum atomic E-state index is 0.00394. The molecule has 0 spiro atoms. The van der Waals surface area contributed by atoms with Gasteiger partial charge in [-0.1, -0.05) is 6.92 Å². The van der Waals surface area contributed by atoms with Crippen LogP contribution in [-0.4, -0.2) is 25.6 Å². The van der Waals surface area contributed by atoms with Crippen LogP contribution in [-0.2, 0) is 4.79 Å². The third kappa shape index (κ3) is 2.45. The molecule has 16 heavy (non-hydrogen) atoms. The summed E-state index contributed by atoms with van der Waals surface area (Å²) in [6.07, 6.45) is 1.24. The second-order valence-electron chi connectivity index (χ2n) is 3.57. The zero-order valence-electron chi connectivity index (χ0n) is 9.69. The van der Waals surface area contributed by atoms with Crippen LogP contribution in [0.2, 0.25) is 0 Å². The summed E-state index contributed by atoms with van der Waals surface area (Å²) in [6, 6.07) is 3.19. The van der Waals surface area contributed by atoms with Crippen LogP contribution in [0.25, 0.3) is 0 Å². The molecule has 0 aliphatic rings. The van der Waals surface area contributed by atoms with E-state index in [1.807, 2.05) is 6.92 Å². The lowest BCUT2D eigenvalue weighted by atomic mass is 9.97. The predicted molar refractivity (Wildman–Crippen MR) is 60.3 cm³/mol. The number of rotatable bonds is 5. The molecule has 1 aromatic carbocycles. The van der Waals surface area contributed by atoms with Crippen molar-refractivity contribution in [2.24, 2.45) is 0 Å². The summed E-state index contributed by atoms with van der Waals surface area (Å²) in [5.41, 5.74) is 0.799. The van der Waals surface area contributed by atoms with Crippen LogP contribution < -0.4 is 9.47 Å². The molecule has 1 aromatic rings. The van der Waals surface area contributed by atoms with E-state index in [-0.39, 0.29) is 11.7 Å². The molecule has 4 nitrogen and oxygen atoms in total. The van der Waals surface area contributed by atoms with E-state index < -0.39 is 0 Å². The topological polar surface area (TPSA) is 55.8 Å². The van der Waals surface area contributed by atoms with E-state index in [1.54, 1.807) is 19.2 Å². The van der Waals surface area contributed by atoms with Crippen molar-refractivity contribution in [3.05, 3.63) is 17.7 Å². The lowest BCUT2D eigenvalue weighted by molar-refractivity contribution is -0.108. The smallest absolute Gasteiger partial charge is 0.164 e. The summed E-state index contributed by atoms with van der Waals surface area (Å²) in [6.45, 7) is 1.90. The van der Waals surface area contributed by atoms with Gasteiger partial charge in [-0.3, -0.25) is 0 Å². The van der Waals surface area contributed by atoms with Gasteiger partial charge in [0.25, 0.3) is 0 Å². The molecule has 0 heterocycles. The third-order valence-electron chi connectivity index (χ3n) is 2.51. The standard InChI is InChI=1S/C12H16O4/c1-8(4-5-13)9-6-10(14)12(16-3)7-11(9)15-2/h5-8,14H,4H2,1-3H3. The number of carbonyl (C=O) groups excluding carboxylic acids is 1. The normalized spacial score (nSPS) is 11.9. The largest absolute Gasteiger partial charge is 0.504 e. The molecule has 88 valence electrons. The average Bonchev–Trinajstić information content (AvgIpc) is 2.29. The Labute approximate surface area is 94.8 Å². The number of phenolic OH excluding ortho intramolecular Hbond substituents is 1.